The Bertz CT molecular complexity index is 934. The first-order chi connectivity index (χ1) is 14.4. The molecular weight excluding hydrogens is 392 g/mol. The lowest BCUT2D eigenvalue weighted by Crippen LogP contribution is -2.42. The second kappa shape index (κ2) is 9.90. The number of benzene rings is 2. The zero-order valence-corrected chi connectivity index (χ0v) is 19.4. The van der Waals surface area contributed by atoms with E-state index in [4.69, 9.17) is 9.47 Å². The molecule has 0 aromatic heterocycles. The number of ketones is 1. The second-order valence-corrected chi connectivity index (χ2v) is 9.10. The molecule has 1 atom stereocenters. The summed E-state index contributed by atoms with van der Waals surface area (Å²) < 4.78 is 11.2. The summed E-state index contributed by atoms with van der Waals surface area (Å²) >= 11 is 0. The van der Waals surface area contributed by atoms with Crippen LogP contribution < -0.4 is 0 Å². The minimum Gasteiger partial charge on any atom is -0.459 e. The summed E-state index contributed by atoms with van der Waals surface area (Å²) in [7, 11) is 0. The number of carbonyl (C=O) groups excluding carboxylic acids is 3. The molecule has 2 aromatic rings. The summed E-state index contributed by atoms with van der Waals surface area (Å²) in [6, 6.07) is 12.5. The number of aryl methyl sites for hydroxylation is 3. The first-order valence-corrected chi connectivity index (χ1v) is 10.5. The van der Waals surface area contributed by atoms with Crippen molar-refractivity contribution in [2.24, 2.45) is 11.3 Å². The maximum Gasteiger partial charge on any atom is 0.379 e. The van der Waals surface area contributed by atoms with E-state index < -0.39 is 29.2 Å². The van der Waals surface area contributed by atoms with Crippen LogP contribution in [-0.4, -0.2) is 30.4 Å². The molecule has 0 bridgehead atoms. The van der Waals surface area contributed by atoms with Crippen molar-refractivity contribution < 1.29 is 23.9 Å². The third kappa shape index (κ3) is 6.03. The monoisotopic (exact) mass is 424 g/mol. The van der Waals surface area contributed by atoms with Gasteiger partial charge in [0.2, 0.25) is 0 Å². The first-order valence-electron chi connectivity index (χ1n) is 10.5. The normalized spacial score (nSPS) is 12.4. The predicted octanol–water partition coefficient (Wildman–Crippen LogP) is 5.25. The van der Waals surface area contributed by atoms with Crippen molar-refractivity contribution in [3.8, 4) is 0 Å². The Kier molecular flexibility index (Phi) is 7.77. The van der Waals surface area contributed by atoms with Crippen molar-refractivity contribution in [2.75, 3.05) is 6.61 Å². The molecule has 0 N–H and O–H groups in total. The first kappa shape index (κ1) is 24.3. The van der Waals surface area contributed by atoms with Crippen LogP contribution in [0.15, 0.2) is 42.5 Å². The molecule has 5 nitrogen and oxygen atoms in total. The molecule has 5 heteroatoms. The van der Waals surface area contributed by atoms with Crippen LogP contribution >= 0.6 is 0 Å². The molecular formula is C26H32O5. The quantitative estimate of drug-likeness (QED) is 0.329. The molecule has 0 saturated carbocycles. The maximum atomic E-state index is 12.7. The highest BCUT2D eigenvalue weighted by Crippen LogP contribution is 2.30. The highest BCUT2D eigenvalue weighted by Gasteiger charge is 2.37. The van der Waals surface area contributed by atoms with Crippen molar-refractivity contribution in [2.45, 2.75) is 54.6 Å². The van der Waals surface area contributed by atoms with Gasteiger partial charge in [-0.05, 0) is 49.9 Å². The number of carbonyl (C=O) groups is 3. The maximum absolute atomic E-state index is 12.7. The van der Waals surface area contributed by atoms with Gasteiger partial charge in [-0.1, -0.05) is 63.6 Å². The smallest absolute Gasteiger partial charge is 0.379 e. The molecule has 0 heterocycles. The van der Waals surface area contributed by atoms with Crippen LogP contribution in [0.4, 0.5) is 0 Å². The van der Waals surface area contributed by atoms with Gasteiger partial charge in [0.15, 0.2) is 0 Å². The fourth-order valence-corrected chi connectivity index (χ4v) is 4.00. The van der Waals surface area contributed by atoms with Gasteiger partial charge in [0.1, 0.15) is 12.7 Å². The highest BCUT2D eigenvalue weighted by atomic mass is 16.6. The highest BCUT2D eigenvalue weighted by molar-refractivity contribution is 6.41. The summed E-state index contributed by atoms with van der Waals surface area (Å²) in [4.78, 5) is 37.8. The Labute approximate surface area is 184 Å². The average molecular weight is 425 g/mol. The van der Waals surface area contributed by atoms with E-state index in [0.29, 0.717) is 11.1 Å². The van der Waals surface area contributed by atoms with Gasteiger partial charge >= 0.3 is 11.9 Å². The van der Waals surface area contributed by atoms with Crippen LogP contribution in [-0.2, 0) is 14.3 Å². The minimum absolute atomic E-state index is 0.0151. The van der Waals surface area contributed by atoms with Gasteiger partial charge in [-0.25, -0.2) is 9.59 Å². The lowest BCUT2D eigenvalue weighted by atomic mass is 9.81. The van der Waals surface area contributed by atoms with Crippen LogP contribution in [0.1, 0.15) is 65.1 Å². The average Bonchev–Trinajstić information content (AvgIpc) is 2.69. The van der Waals surface area contributed by atoms with Crippen LogP contribution in [0.2, 0.25) is 0 Å². The Morgan fingerprint density at radius 1 is 0.935 bits per heavy atom. The van der Waals surface area contributed by atoms with Crippen molar-refractivity contribution in [1.29, 1.82) is 0 Å². The number of hydrogen-bond acceptors (Lipinski definition) is 5. The summed E-state index contributed by atoms with van der Waals surface area (Å²) in [6.45, 7) is 13.1. The Hall–Kier alpha value is -2.95. The number of hydrogen-bond donors (Lipinski definition) is 0. The SMILES string of the molecule is Cc1cc(C)c(C(=O)C(=O)OCC(C)(C)C(OC(=O)c2ccccc2)C(C)C)c(C)c1. The van der Waals surface area contributed by atoms with Gasteiger partial charge in [0.05, 0.1) is 5.56 Å². The number of esters is 2. The van der Waals surface area contributed by atoms with Crippen molar-refractivity contribution in [3.05, 3.63) is 70.3 Å². The fraction of sp³-hybridized carbons (Fsp3) is 0.423. The van der Waals surface area contributed by atoms with Crippen molar-refractivity contribution in [3.63, 3.8) is 0 Å². The molecule has 0 radical (unpaired) electrons. The van der Waals surface area contributed by atoms with Crippen LogP contribution in [0.25, 0.3) is 0 Å². The third-order valence-electron chi connectivity index (χ3n) is 5.28. The Morgan fingerprint density at radius 2 is 1.48 bits per heavy atom. The molecule has 0 aliphatic rings. The summed E-state index contributed by atoms with van der Waals surface area (Å²) in [5, 5.41) is 0. The zero-order chi connectivity index (χ0) is 23.3. The molecule has 0 spiro atoms. The second-order valence-electron chi connectivity index (χ2n) is 9.10. The molecule has 31 heavy (non-hydrogen) atoms. The van der Waals surface area contributed by atoms with Crippen molar-refractivity contribution >= 4 is 17.7 Å². The van der Waals surface area contributed by atoms with E-state index in [2.05, 4.69) is 0 Å². The number of rotatable bonds is 8. The van der Waals surface area contributed by atoms with Crippen molar-refractivity contribution in [1.82, 2.24) is 0 Å². The lowest BCUT2D eigenvalue weighted by molar-refractivity contribution is -0.144. The fourth-order valence-electron chi connectivity index (χ4n) is 4.00. The van der Waals surface area contributed by atoms with E-state index in [1.807, 2.05) is 66.7 Å². The lowest BCUT2D eigenvalue weighted by Gasteiger charge is -2.35. The molecule has 0 aliphatic heterocycles. The van der Waals surface area contributed by atoms with Gasteiger partial charge < -0.3 is 9.47 Å². The van der Waals surface area contributed by atoms with Gasteiger partial charge in [0.25, 0.3) is 5.78 Å². The Morgan fingerprint density at radius 3 is 2.00 bits per heavy atom. The molecule has 2 rings (SSSR count). The zero-order valence-electron chi connectivity index (χ0n) is 19.4. The van der Waals surface area contributed by atoms with E-state index in [1.165, 1.54) is 0 Å². The van der Waals surface area contributed by atoms with Gasteiger partial charge in [-0.15, -0.1) is 0 Å². The minimum atomic E-state index is -0.903. The van der Waals surface area contributed by atoms with E-state index in [-0.39, 0.29) is 12.5 Å². The van der Waals surface area contributed by atoms with E-state index in [0.717, 1.165) is 16.7 Å². The molecule has 0 fully saturated rings. The molecule has 0 aliphatic carbocycles. The topological polar surface area (TPSA) is 69.7 Å². The molecule has 2 aromatic carbocycles. The molecule has 1 unspecified atom stereocenters. The van der Waals surface area contributed by atoms with Gasteiger partial charge in [-0.3, -0.25) is 4.79 Å². The number of ether oxygens (including phenoxy) is 2. The molecule has 166 valence electrons. The molecule has 0 saturated heterocycles. The standard InChI is InChI=1S/C26H32O5/c1-16(2)23(31-24(28)20-11-9-8-10-12-20)26(6,7)15-30-25(29)22(27)21-18(4)13-17(3)14-19(21)5/h8-14,16,23H,15H2,1-7H3. The molecule has 0 amide bonds. The summed E-state index contributed by atoms with van der Waals surface area (Å²) in [5.74, 6) is -2.01. The summed E-state index contributed by atoms with van der Waals surface area (Å²) in [6.07, 6.45) is -0.508. The summed E-state index contributed by atoms with van der Waals surface area (Å²) in [5.41, 5.74) is 2.67. The Balaban J connectivity index is 2.11. The van der Waals surface area contributed by atoms with Gasteiger partial charge in [-0.2, -0.15) is 0 Å². The van der Waals surface area contributed by atoms with Crippen LogP contribution in [0.3, 0.4) is 0 Å². The van der Waals surface area contributed by atoms with E-state index in [9.17, 15) is 14.4 Å². The van der Waals surface area contributed by atoms with E-state index in [1.54, 1.807) is 24.3 Å². The number of Topliss-reactive ketones (excluding diaryl/α,β-unsaturated/α-hetero) is 1. The third-order valence-corrected chi connectivity index (χ3v) is 5.28. The van der Waals surface area contributed by atoms with Crippen LogP contribution in [0, 0.1) is 32.1 Å². The predicted molar refractivity (Wildman–Crippen MR) is 120 cm³/mol. The largest absolute Gasteiger partial charge is 0.459 e. The van der Waals surface area contributed by atoms with Crippen LogP contribution in [0.5, 0.6) is 0 Å². The van der Waals surface area contributed by atoms with E-state index >= 15 is 0 Å². The van der Waals surface area contributed by atoms with Gasteiger partial charge in [0, 0.05) is 11.0 Å².